The number of fused-ring (bicyclic) bond motifs is 1. The number of sulfone groups is 1. The van der Waals surface area contributed by atoms with E-state index in [1.807, 2.05) is 34.6 Å². The highest BCUT2D eigenvalue weighted by atomic mass is 32.2. The molecule has 1 aliphatic carbocycles. The molecule has 1 aromatic rings. The minimum atomic E-state index is -3.43. The smallest absolute Gasteiger partial charge is 0.316 e. The number of hydrogen-bond acceptors (Lipinski definition) is 8. The monoisotopic (exact) mass is 769 g/mol. The second-order valence-corrected chi connectivity index (χ2v) is 19.3. The van der Waals surface area contributed by atoms with Crippen molar-refractivity contribution in [3.8, 4) is 0 Å². The molecule has 3 rings (SSSR count). The number of nitrogens with one attached hydrogen (secondary N) is 4. The summed E-state index contributed by atoms with van der Waals surface area (Å²) < 4.78 is 51.5. The highest BCUT2D eigenvalue weighted by Gasteiger charge is 2.70. The molecule has 1 aromatic carbocycles. The third-order valence-electron chi connectivity index (χ3n) is 10.1. The van der Waals surface area contributed by atoms with Crippen molar-refractivity contribution >= 4 is 39.5 Å². The Labute approximate surface area is 311 Å². The first-order valence-corrected chi connectivity index (χ1v) is 19.7. The maximum absolute atomic E-state index is 14.3. The van der Waals surface area contributed by atoms with Gasteiger partial charge in [0.15, 0.2) is 9.84 Å². The minimum Gasteiger partial charge on any atom is -0.366 e. The fourth-order valence-corrected chi connectivity index (χ4v) is 8.20. The van der Waals surface area contributed by atoms with E-state index < -0.39 is 87.5 Å². The molecule has 0 bridgehead atoms. The summed E-state index contributed by atoms with van der Waals surface area (Å²) >= 11 is 0. The van der Waals surface area contributed by atoms with E-state index in [9.17, 15) is 41.2 Å². The minimum absolute atomic E-state index is 0.0667. The van der Waals surface area contributed by atoms with Crippen LogP contribution in [0.2, 0.25) is 0 Å². The summed E-state index contributed by atoms with van der Waals surface area (Å²) in [5, 5.41) is 10.7. The molecular weight excluding hydrogens is 713 g/mol. The van der Waals surface area contributed by atoms with Crippen molar-refractivity contribution in [2.75, 3.05) is 32.3 Å². The Balaban J connectivity index is 1.79. The Morgan fingerprint density at radius 3 is 2.06 bits per heavy atom. The topological polar surface area (TPSA) is 200 Å². The summed E-state index contributed by atoms with van der Waals surface area (Å²) in [6.45, 7) is 14.9. The number of likely N-dealkylation sites (tertiary alicyclic amines) is 1. The van der Waals surface area contributed by atoms with Crippen LogP contribution < -0.4 is 27.0 Å². The van der Waals surface area contributed by atoms with E-state index in [2.05, 4.69) is 21.3 Å². The van der Waals surface area contributed by atoms with E-state index in [4.69, 9.17) is 5.73 Å². The number of piperidine rings is 1. The highest BCUT2D eigenvalue weighted by Crippen LogP contribution is 2.65. The molecule has 6 amide bonds. The number of rotatable bonds is 15. The number of alkyl halides is 2. The van der Waals surface area contributed by atoms with Crippen LogP contribution in [0.15, 0.2) is 24.3 Å². The zero-order chi connectivity index (χ0) is 40.4. The van der Waals surface area contributed by atoms with Crippen molar-refractivity contribution < 1.29 is 41.2 Å². The fraction of sp³-hybridized carbons (Fsp3) is 0.694. The Morgan fingerprint density at radius 2 is 1.57 bits per heavy atom. The van der Waals surface area contributed by atoms with Gasteiger partial charge in [0.1, 0.15) is 24.0 Å². The summed E-state index contributed by atoms with van der Waals surface area (Å²) in [5.74, 6) is -3.40. The number of nitrogens with two attached hydrogens (primary N) is 1. The van der Waals surface area contributed by atoms with Gasteiger partial charge in [-0.05, 0) is 59.2 Å². The molecule has 0 spiro atoms. The molecule has 2 aliphatic rings. The first kappa shape index (κ1) is 43.5. The molecule has 1 saturated carbocycles. The molecule has 1 saturated heterocycles. The summed E-state index contributed by atoms with van der Waals surface area (Å²) in [5.41, 5.74) is 4.54. The van der Waals surface area contributed by atoms with E-state index in [1.54, 1.807) is 40.0 Å². The van der Waals surface area contributed by atoms with E-state index in [1.165, 1.54) is 21.9 Å². The normalized spacial score (nSPS) is 21.3. The number of halogens is 2. The molecule has 17 heteroatoms. The summed E-state index contributed by atoms with van der Waals surface area (Å²) in [6.07, 6.45) is -3.20. The second-order valence-electron chi connectivity index (χ2n) is 17.2. The molecule has 298 valence electrons. The number of urea groups is 1. The van der Waals surface area contributed by atoms with Crippen LogP contribution in [-0.2, 0) is 30.6 Å². The van der Waals surface area contributed by atoms with Crippen LogP contribution in [0.1, 0.15) is 77.7 Å². The Hall–Kier alpha value is -3.86. The van der Waals surface area contributed by atoms with Crippen molar-refractivity contribution in [1.82, 2.24) is 31.1 Å². The number of carbonyl (C=O) groups excluding carboxylic acids is 5. The third-order valence-corrected chi connectivity index (χ3v) is 11.0. The van der Waals surface area contributed by atoms with Gasteiger partial charge in [0.2, 0.25) is 30.1 Å². The number of carbonyl (C=O) groups is 5. The molecule has 2 fully saturated rings. The number of amides is 6. The second kappa shape index (κ2) is 16.2. The third kappa shape index (κ3) is 11.3. The van der Waals surface area contributed by atoms with E-state index in [0.29, 0.717) is 12.0 Å². The average Bonchev–Trinajstić information content (AvgIpc) is 3.31. The van der Waals surface area contributed by atoms with Crippen LogP contribution >= 0.6 is 0 Å². The van der Waals surface area contributed by atoms with Gasteiger partial charge < -0.3 is 31.9 Å². The molecule has 14 nitrogen and oxygen atoms in total. The SMILES string of the molecule is CN(CS(C)(=O)=O)[C@@H](NC(=O)N[C@H](C(=O)N1CC2C(C1C(=O)NC(CC(F)F)C(=O)NCCc1ccc(C(N)=O)cc1)C2(C)C)C(C)(C)C)C(C)(C)C. The molecule has 1 heterocycles. The van der Waals surface area contributed by atoms with Crippen LogP contribution in [0, 0.1) is 28.1 Å². The lowest BCUT2D eigenvalue weighted by atomic mass is 9.85. The largest absolute Gasteiger partial charge is 0.366 e. The Morgan fingerprint density at radius 1 is 0.981 bits per heavy atom. The van der Waals surface area contributed by atoms with E-state index in [-0.39, 0.29) is 36.2 Å². The van der Waals surface area contributed by atoms with Crippen LogP contribution in [0.4, 0.5) is 13.6 Å². The Kier molecular flexibility index (Phi) is 13.3. The maximum Gasteiger partial charge on any atom is 0.316 e. The first-order valence-electron chi connectivity index (χ1n) is 17.7. The van der Waals surface area contributed by atoms with Crippen molar-refractivity contribution in [3.63, 3.8) is 0 Å². The molecular formula is C36H57F2N7O7S. The molecule has 1 aliphatic heterocycles. The molecule has 6 atom stereocenters. The number of hydrogen-bond donors (Lipinski definition) is 5. The number of primary amides is 1. The van der Waals surface area contributed by atoms with Gasteiger partial charge in [-0.15, -0.1) is 0 Å². The Bertz CT molecular complexity index is 1640. The van der Waals surface area contributed by atoms with Gasteiger partial charge in [-0.3, -0.25) is 24.1 Å². The number of nitrogens with zero attached hydrogens (tertiary/aromatic N) is 2. The predicted octanol–water partition coefficient (Wildman–Crippen LogP) is 2.09. The summed E-state index contributed by atoms with van der Waals surface area (Å²) in [6, 6.07) is 1.86. The van der Waals surface area contributed by atoms with Gasteiger partial charge in [0.05, 0.1) is 6.17 Å². The lowest BCUT2D eigenvalue weighted by Gasteiger charge is -2.40. The predicted molar refractivity (Wildman–Crippen MR) is 196 cm³/mol. The summed E-state index contributed by atoms with van der Waals surface area (Å²) in [7, 11) is -1.86. The molecule has 6 N–H and O–H groups in total. The molecule has 0 aromatic heterocycles. The van der Waals surface area contributed by atoms with E-state index in [0.717, 1.165) is 11.8 Å². The van der Waals surface area contributed by atoms with E-state index >= 15 is 0 Å². The van der Waals surface area contributed by atoms with Crippen molar-refractivity contribution in [1.29, 1.82) is 0 Å². The van der Waals surface area contributed by atoms with Crippen molar-refractivity contribution in [2.45, 2.75) is 98.9 Å². The summed E-state index contributed by atoms with van der Waals surface area (Å²) in [4.78, 5) is 69.2. The quantitative estimate of drug-likeness (QED) is 0.167. The maximum atomic E-state index is 14.3. The molecule has 4 unspecified atom stereocenters. The number of benzene rings is 1. The fourth-order valence-electron chi connectivity index (χ4n) is 7.31. The molecule has 53 heavy (non-hydrogen) atoms. The average molecular weight is 770 g/mol. The zero-order valence-electron chi connectivity index (χ0n) is 32.4. The van der Waals surface area contributed by atoms with Crippen molar-refractivity contribution in [3.05, 3.63) is 35.4 Å². The van der Waals surface area contributed by atoms with Crippen LogP contribution in [0.25, 0.3) is 0 Å². The lowest BCUT2D eigenvalue weighted by molar-refractivity contribution is -0.144. The first-order chi connectivity index (χ1) is 24.1. The van der Waals surface area contributed by atoms with Gasteiger partial charge in [0.25, 0.3) is 0 Å². The molecule has 0 radical (unpaired) electrons. The standard InChI is InChI=1S/C36H57F2N7O7S/c1-34(2,3)27(42-33(50)43-32(35(4,5)6)44(9)19-53(10,51)52)31(49)45-18-22-25(36(22,7)8)26(45)30(48)41-23(17-24(37)38)29(47)40-16-15-20-11-13-21(14-12-20)28(39)46/h11-14,22-27,32H,15-19H2,1-10H3,(H2,39,46)(H,40,47)(H,41,48)(H2,42,43,50)/t22?,23?,25?,26?,27-,32-/m1/s1. The van der Waals surface area contributed by atoms with Gasteiger partial charge in [0, 0.05) is 31.3 Å². The van der Waals surface area contributed by atoms with Crippen molar-refractivity contribution in [2.24, 2.45) is 33.8 Å². The lowest BCUT2D eigenvalue weighted by Crippen LogP contribution is -2.63. The zero-order valence-corrected chi connectivity index (χ0v) is 33.2. The highest BCUT2D eigenvalue weighted by molar-refractivity contribution is 7.90. The van der Waals surface area contributed by atoms with Crippen LogP contribution in [0.5, 0.6) is 0 Å². The van der Waals surface area contributed by atoms with Gasteiger partial charge in [-0.25, -0.2) is 22.0 Å². The van der Waals surface area contributed by atoms with Crippen LogP contribution in [-0.4, -0.2) is 111 Å². The van der Waals surface area contributed by atoms with Gasteiger partial charge in [-0.2, -0.15) is 0 Å². The van der Waals surface area contributed by atoms with Gasteiger partial charge in [-0.1, -0.05) is 67.5 Å². The van der Waals surface area contributed by atoms with Gasteiger partial charge >= 0.3 is 6.03 Å². The van der Waals surface area contributed by atoms with Crippen LogP contribution in [0.3, 0.4) is 0 Å².